The van der Waals surface area contributed by atoms with E-state index in [1.54, 1.807) is 0 Å². The Morgan fingerprint density at radius 2 is 2.38 bits per heavy atom. The Kier molecular flexibility index (Phi) is 5.41. The van der Waals surface area contributed by atoms with Crippen LogP contribution in [0.15, 0.2) is 0 Å². The molecule has 0 aromatic rings. The van der Waals surface area contributed by atoms with E-state index in [1.807, 2.05) is 6.92 Å². The van der Waals surface area contributed by atoms with E-state index in [0.717, 1.165) is 0 Å². The van der Waals surface area contributed by atoms with Crippen molar-refractivity contribution in [3.8, 4) is 0 Å². The monoisotopic (exact) mass is 248 g/mol. The Morgan fingerprint density at radius 1 is 1.62 bits per heavy atom. The van der Waals surface area contributed by atoms with Crippen LogP contribution in [0.5, 0.6) is 0 Å². The van der Waals surface area contributed by atoms with Crippen molar-refractivity contribution in [2.24, 2.45) is 0 Å². The molecule has 16 heavy (non-hydrogen) atoms. The summed E-state index contributed by atoms with van der Waals surface area (Å²) in [5.41, 5.74) is 0. The zero-order valence-corrected chi connectivity index (χ0v) is 9.96. The summed E-state index contributed by atoms with van der Waals surface area (Å²) >= 11 is 1.44. The first kappa shape index (κ1) is 13.1. The van der Waals surface area contributed by atoms with Crippen LogP contribution in [0.1, 0.15) is 6.92 Å². The van der Waals surface area contributed by atoms with Gasteiger partial charge in [0.1, 0.15) is 6.04 Å². The molecule has 0 bridgehead atoms. The number of ether oxygens (including phenoxy) is 1. The lowest BCUT2D eigenvalue weighted by atomic mass is 10.3. The fraction of sp³-hybridized carbons (Fsp3) is 0.778. The molecule has 7 heteroatoms. The third-order valence-electron chi connectivity index (χ3n) is 2.15. The quantitative estimate of drug-likeness (QED) is 0.679. The largest absolute Gasteiger partial charge is 0.480 e. The number of urea groups is 1. The van der Waals surface area contributed by atoms with Crippen LogP contribution in [-0.2, 0) is 9.53 Å². The van der Waals surface area contributed by atoms with Crippen LogP contribution in [-0.4, -0.2) is 59.4 Å². The molecule has 92 valence electrons. The van der Waals surface area contributed by atoms with Gasteiger partial charge in [-0.2, -0.15) is 0 Å². The van der Waals surface area contributed by atoms with Gasteiger partial charge in [0.05, 0.1) is 12.5 Å². The number of carboxylic acid groups (broad SMARTS) is 1. The lowest BCUT2D eigenvalue weighted by molar-refractivity contribution is -0.140. The van der Waals surface area contributed by atoms with E-state index in [0.29, 0.717) is 31.4 Å². The second-order valence-electron chi connectivity index (χ2n) is 3.25. The van der Waals surface area contributed by atoms with Gasteiger partial charge in [-0.1, -0.05) is 0 Å². The molecule has 1 rings (SSSR count). The number of aliphatic carboxylic acids is 1. The molecule has 1 fully saturated rings. The van der Waals surface area contributed by atoms with E-state index in [4.69, 9.17) is 9.84 Å². The number of nitrogens with zero attached hydrogens (tertiary/aromatic N) is 1. The van der Waals surface area contributed by atoms with Crippen molar-refractivity contribution >= 4 is 23.8 Å². The predicted octanol–water partition coefficient (Wildman–Crippen LogP) is 0.192. The van der Waals surface area contributed by atoms with E-state index in [-0.39, 0.29) is 6.03 Å². The van der Waals surface area contributed by atoms with Gasteiger partial charge in [-0.05, 0) is 6.92 Å². The average molecular weight is 248 g/mol. The maximum absolute atomic E-state index is 11.6. The molecule has 0 spiro atoms. The smallest absolute Gasteiger partial charge is 0.327 e. The molecule has 0 aromatic heterocycles. The number of thioether (sulfide) groups is 1. The van der Waals surface area contributed by atoms with E-state index in [9.17, 15) is 9.59 Å². The summed E-state index contributed by atoms with van der Waals surface area (Å²) in [6.45, 7) is 3.33. The van der Waals surface area contributed by atoms with Gasteiger partial charge in [-0.15, -0.1) is 11.8 Å². The number of rotatable bonds is 5. The maximum atomic E-state index is 11.6. The Labute approximate surface area is 98.3 Å². The van der Waals surface area contributed by atoms with Crippen molar-refractivity contribution in [1.29, 1.82) is 0 Å². The Balaban J connectivity index is 2.32. The molecule has 6 nitrogen and oxygen atoms in total. The third-order valence-corrected chi connectivity index (χ3v) is 3.17. The van der Waals surface area contributed by atoms with Gasteiger partial charge >= 0.3 is 12.0 Å². The molecule has 0 unspecified atom stereocenters. The zero-order valence-electron chi connectivity index (χ0n) is 9.14. The first-order valence-corrected chi connectivity index (χ1v) is 6.25. The van der Waals surface area contributed by atoms with Crippen LogP contribution in [0.2, 0.25) is 0 Å². The van der Waals surface area contributed by atoms with E-state index in [1.165, 1.54) is 16.7 Å². The first-order chi connectivity index (χ1) is 7.66. The number of nitrogens with one attached hydrogen (secondary N) is 1. The van der Waals surface area contributed by atoms with Crippen LogP contribution in [0.3, 0.4) is 0 Å². The Morgan fingerprint density at radius 3 is 3.00 bits per heavy atom. The topological polar surface area (TPSA) is 78.9 Å². The minimum Gasteiger partial charge on any atom is -0.480 e. The Bertz CT molecular complexity index is 262. The van der Waals surface area contributed by atoms with Gasteiger partial charge in [0.15, 0.2) is 0 Å². The summed E-state index contributed by atoms with van der Waals surface area (Å²) in [5, 5.41) is 11.5. The number of hydrogen-bond donors (Lipinski definition) is 2. The average Bonchev–Trinajstić information content (AvgIpc) is 2.73. The van der Waals surface area contributed by atoms with Gasteiger partial charge in [0.2, 0.25) is 0 Å². The molecule has 0 aliphatic carbocycles. The van der Waals surface area contributed by atoms with E-state index >= 15 is 0 Å². The molecule has 2 N–H and O–H groups in total. The van der Waals surface area contributed by atoms with Crippen molar-refractivity contribution in [2.45, 2.75) is 13.0 Å². The zero-order chi connectivity index (χ0) is 12.0. The van der Waals surface area contributed by atoms with Gasteiger partial charge in [-0.3, -0.25) is 0 Å². The second kappa shape index (κ2) is 6.59. The van der Waals surface area contributed by atoms with Crippen molar-refractivity contribution in [1.82, 2.24) is 10.2 Å². The lowest BCUT2D eigenvalue weighted by Crippen LogP contribution is -2.47. The van der Waals surface area contributed by atoms with Gasteiger partial charge in [-0.25, -0.2) is 9.59 Å². The number of carbonyl (C=O) groups excluding carboxylic acids is 1. The number of amides is 2. The van der Waals surface area contributed by atoms with Crippen molar-refractivity contribution < 1.29 is 19.4 Å². The van der Waals surface area contributed by atoms with Gasteiger partial charge in [0.25, 0.3) is 0 Å². The highest BCUT2D eigenvalue weighted by atomic mass is 32.2. The fourth-order valence-corrected chi connectivity index (χ4v) is 2.47. The summed E-state index contributed by atoms with van der Waals surface area (Å²) in [7, 11) is 0. The summed E-state index contributed by atoms with van der Waals surface area (Å²) in [6, 6.07) is -1.05. The van der Waals surface area contributed by atoms with Crippen LogP contribution in [0.25, 0.3) is 0 Å². The minimum absolute atomic E-state index is 0.336. The van der Waals surface area contributed by atoms with Crippen LogP contribution in [0, 0.1) is 0 Å². The second-order valence-corrected chi connectivity index (χ2v) is 4.25. The van der Waals surface area contributed by atoms with E-state index < -0.39 is 12.0 Å². The third kappa shape index (κ3) is 3.57. The highest BCUT2D eigenvalue weighted by Gasteiger charge is 2.34. The molecule has 0 aromatic carbocycles. The van der Waals surface area contributed by atoms with Crippen molar-refractivity contribution in [3.63, 3.8) is 0 Å². The molecule has 1 heterocycles. The summed E-state index contributed by atoms with van der Waals surface area (Å²) in [4.78, 5) is 23.8. The Hall–Kier alpha value is -0.950. The number of hydrogen-bond acceptors (Lipinski definition) is 4. The van der Waals surface area contributed by atoms with Crippen molar-refractivity contribution in [3.05, 3.63) is 0 Å². The highest BCUT2D eigenvalue weighted by molar-refractivity contribution is 7.99. The standard InChI is InChI=1S/C9H16N2O4S/c1-2-15-4-3-10-9(14)11-6-16-5-7(11)8(12)13/h7H,2-6H2,1H3,(H,10,14)(H,12,13)/t7-/m0/s1. The molecule has 1 saturated heterocycles. The van der Waals surface area contributed by atoms with Gasteiger partial charge < -0.3 is 20.1 Å². The molecule has 0 radical (unpaired) electrons. The molecule has 2 amide bonds. The molecule has 0 saturated carbocycles. The first-order valence-electron chi connectivity index (χ1n) is 5.09. The lowest BCUT2D eigenvalue weighted by Gasteiger charge is -2.20. The van der Waals surface area contributed by atoms with Crippen LogP contribution >= 0.6 is 11.8 Å². The predicted molar refractivity (Wildman–Crippen MR) is 60.5 cm³/mol. The normalized spacial score (nSPS) is 19.8. The van der Waals surface area contributed by atoms with Crippen LogP contribution < -0.4 is 5.32 Å². The summed E-state index contributed by atoms with van der Waals surface area (Å²) in [5.74, 6) is -0.0731. The number of carboxylic acids is 1. The van der Waals surface area contributed by atoms with Crippen LogP contribution in [0.4, 0.5) is 4.79 Å². The highest BCUT2D eigenvalue weighted by Crippen LogP contribution is 2.20. The number of carbonyl (C=O) groups is 2. The van der Waals surface area contributed by atoms with E-state index in [2.05, 4.69) is 5.32 Å². The fourth-order valence-electron chi connectivity index (χ4n) is 1.32. The summed E-state index contributed by atoms with van der Waals surface area (Å²) in [6.07, 6.45) is 0. The van der Waals surface area contributed by atoms with Crippen molar-refractivity contribution in [2.75, 3.05) is 31.4 Å². The molecular weight excluding hydrogens is 232 g/mol. The maximum Gasteiger partial charge on any atom is 0.327 e. The SMILES string of the molecule is CCOCCNC(=O)N1CSC[C@H]1C(=O)O. The summed E-state index contributed by atoms with van der Waals surface area (Å²) < 4.78 is 5.07. The minimum atomic E-state index is -0.954. The molecule has 1 aliphatic heterocycles. The molecule has 1 atom stereocenters. The molecule has 1 aliphatic rings. The van der Waals surface area contributed by atoms with Gasteiger partial charge in [0, 0.05) is 18.9 Å². The molecular formula is C9H16N2O4S.